The molecule has 0 atom stereocenters. The number of nitro benzene ring substituents is 1. The maximum absolute atomic E-state index is 12.7. The number of nitrogens with zero attached hydrogens (tertiary/aromatic N) is 3. The predicted molar refractivity (Wildman–Crippen MR) is 130 cm³/mol. The van der Waals surface area contributed by atoms with E-state index in [4.69, 9.17) is 27.9 Å². The summed E-state index contributed by atoms with van der Waals surface area (Å²) in [5, 5.41) is 11.8. The Hall–Kier alpha value is -3.23. The number of carbonyl (C=O) groups excluding carboxylic acids is 1. The first kappa shape index (κ1) is 22.9. The number of aromatic amines is 1. The highest BCUT2D eigenvalue weighted by Gasteiger charge is 2.25. The molecule has 1 fully saturated rings. The molecule has 1 aliphatic rings. The summed E-state index contributed by atoms with van der Waals surface area (Å²) in [5.41, 5.74) is 3.00. The standard InChI is InChI=1S/C23H22Cl2N4O4/c1-2-33-23(30)18-14-21(15-3-8-19(24)20(25)13-15)26-22(18)28-11-9-27(10-12-28)16-4-6-17(7-5-16)29(31)32/h3-8,13-14,26H,2,9-12H2,1H3. The smallest absolute Gasteiger partial charge is 0.341 e. The first-order valence-corrected chi connectivity index (χ1v) is 11.2. The number of nitrogens with one attached hydrogen (secondary N) is 1. The predicted octanol–water partition coefficient (Wildman–Crippen LogP) is 5.40. The number of ether oxygens (including phenoxy) is 1. The van der Waals surface area contributed by atoms with Gasteiger partial charge in [0.2, 0.25) is 0 Å². The van der Waals surface area contributed by atoms with Crippen LogP contribution in [0.4, 0.5) is 17.2 Å². The lowest BCUT2D eigenvalue weighted by molar-refractivity contribution is -0.384. The molecule has 0 bridgehead atoms. The van der Waals surface area contributed by atoms with Gasteiger partial charge in [-0.1, -0.05) is 29.3 Å². The third-order valence-corrected chi connectivity index (χ3v) is 6.28. The second-order valence-electron chi connectivity index (χ2n) is 7.54. The van der Waals surface area contributed by atoms with Crippen LogP contribution in [-0.4, -0.2) is 48.7 Å². The molecule has 3 aromatic rings. The number of anilines is 2. The summed E-state index contributed by atoms with van der Waals surface area (Å²) in [6.07, 6.45) is 0. The molecule has 8 nitrogen and oxygen atoms in total. The van der Waals surface area contributed by atoms with Crippen molar-refractivity contribution < 1.29 is 14.5 Å². The van der Waals surface area contributed by atoms with Crippen molar-refractivity contribution in [1.82, 2.24) is 4.98 Å². The number of esters is 1. The molecule has 1 aliphatic heterocycles. The van der Waals surface area contributed by atoms with Crippen LogP contribution in [0.25, 0.3) is 11.3 Å². The van der Waals surface area contributed by atoms with Crippen LogP contribution in [0.5, 0.6) is 0 Å². The summed E-state index contributed by atoms with van der Waals surface area (Å²) >= 11 is 12.2. The summed E-state index contributed by atoms with van der Waals surface area (Å²) in [4.78, 5) is 30.8. The van der Waals surface area contributed by atoms with Gasteiger partial charge in [0, 0.05) is 49.7 Å². The van der Waals surface area contributed by atoms with Crippen molar-refractivity contribution in [3.63, 3.8) is 0 Å². The number of rotatable bonds is 6. The van der Waals surface area contributed by atoms with E-state index < -0.39 is 10.9 Å². The van der Waals surface area contributed by atoms with Crippen LogP contribution in [0, 0.1) is 10.1 Å². The number of H-pyrrole nitrogens is 1. The van der Waals surface area contributed by atoms with Crippen molar-refractivity contribution in [3.05, 3.63) is 74.3 Å². The molecule has 33 heavy (non-hydrogen) atoms. The zero-order valence-corrected chi connectivity index (χ0v) is 19.4. The molecule has 1 saturated heterocycles. The molecule has 172 valence electrons. The Morgan fingerprint density at radius 1 is 1.03 bits per heavy atom. The van der Waals surface area contributed by atoms with E-state index in [0.29, 0.717) is 47.6 Å². The SMILES string of the molecule is CCOC(=O)c1cc(-c2ccc(Cl)c(Cl)c2)[nH]c1N1CCN(c2ccc([N+](=O)[O-])cc2)CC1. The van der Waals surface area contributed by atoms with E-state index >= 15 is 0 Å². The number of piperazine rings is 1. The summed E-state index contributed by atoms with van der Waals surface area (Å²) in [7, 11) is 0. The first-order chi connectivity index (χ1) is 15.9. The topological polar surface area (TPSA) is 91.7 Å². The molecule has 2 heterocycles. The molecule has 1 N–H and O–H groups in total. The molecule has 0 spiro atoms. The Bertz CT molecular complexity index is 1170. The Balaban J connectivity index is 1.56. The summed E-state index contributed by atoms with van der Waals surface area (Å²) < 4.78 is 5.27. The minimum absolute atomic E-state index is 0.0673. The number of hydrogen-bond donors (Lipinski definition) is 1. The third-order valence-electron chi connectivity index (χ3n) is 5.54. The average Bonchev–Trinajstić information content (AvgIpc) is 3.27. The van der Waals surface area contributed by atoms with Gasteiger partial charge in [-0.05, 0) is 42.8 Å². The van der Waals surface area contributed by atoms with Gasteiger partial charge in [0.1, 0.15) is 11.4 Å². The van der Waals surface area contributed by atoms with E-state index in [9.17, 15) is 14.9 Å². The lowest BCUT2D eigenvalue weighted by Crippen LogP contribution is -2.47. The molecule has 4 rings (SSSR count). The molecule has 1 aromatic heterocycles. The highest BCUT2D eigenvalue weighted by molar-refractivity contribution is 6.42. The van der Waals surface area contributed by atoms with Crippen LogP contribution in [0.3, 0.4) is 0 Å². The Morgan fingerprint density at radius 3 is 2.30 bits per heavy atom. The molecule has 0 amide bonds. The number of hydrogen-bond acceptors (Lipinski definition) is 6. The van der Waals surface area contributed by atoms with E-state index in [2.05, 4.69) is 14.8 Å². The van der Waals surface area contributed by atoms with Crippen molar-refractivity contribution in [2.24, 2.45) is 0 Å². The van der Waals surface area contributed by atoms with E-state index in [1.165, 1.54) is 12.1 Å². The van der Waals surface area contributed by atoms with Crippen LogP contribution in [0.2, 0.25) is 10.0 Å². The molecule has 0 unspecified atom stereocenters. The summed E-state index contributed by atoms with van der Waals surface area (Å²) in [6, 6.07) is 13.6. The van der Waals surface area contributed by atoms with Crippen molar-refractivity contribution >= 4 is 46.4 Å². The van der Waals surface area contributed by atoms with E-state index in [1.807, 2.05) is 6.07 Å². The van der Waals surface area contributed by atoms with E-state index in [-0.39, 0.29) is 12.3 Å². The fraction of sp³-hybridized carbons (Fsp3) is 0.261. The number of non-ortho nitro benzene ring substituents is 1. The van der Waals surface area contributed by atoms with Crippen LogP contribution < -0.4 is 9.80 Å². The Kier molecular flexibility index (Phi) is 6.76. The largest absolute Gasteiger partial charge is 0.462 e. The summed E-state index contributed by atoms with van der Waals surface area (Å²) in [6.45, 7) is 4.75. The van der Waals surface area contributed by atoms with Crippen molar-refractivity contribution in [2.45, 2.75) is 6.92 Å². The van der Waals surface area contributed by atoms with E-state index in [0.717, 1.165) is 16.9 Å². The summed E-state index contributed by atoms with van der Waals surface area (Å²) in [5.74, 6) is 0.297. The van der Waals surface area contributed by atoms with Crippen LogP contribution >= 0.6 is 23.2 Å². The van der Waals surface area contributed by atoms with Gasteiger partial charge in [-0.25, -0.2) is 4.79 Å². The van der Waals surface area contributed by atoms with Crippen LogP contribution in [-0.2, 0) is 4.74 Å². The maximum atomic E-state index is 12.7. The maximum Gasteiger partial charge on any atom is 0.341 e. The fourth-order valence-electron chi connectivity index (χ4n) is 3.85. The molecule has 2 aromatic carbocycles. The Labute approximate surface area is 200 Å². The lowest BCUT2D eigenvalue weighted by Gasteiger charge is -2.37. The molecular formula is C23H22Cl2N4O4. The van der Waals surface area contributed by atoms with Crippen molar-refractivity contribution in [1.29, 1.82) is 0 Å². The monoisotopic (exact) mass is 488 g/mol. The van der Waals surface area contributed by atoms with Crippen LogP contribution in [0.15, 0.2) is 48.5 Å². The second-order valence-corrected chi connectivity index (χ2v) is 8.36. The average molecular weight is 489 g/mol. The molecule has 0 aliphatic carbocycles. The van der Waals surface area contributed by atoms with E-state index in [1.54, 1.807) is 37.3 Å². The van der Waals surface area contributed by atoms with Gasteiger partial charge in [0.05, 0.1) is 21.6 Å². The molecular weight excluding hydrogens is 467 g/mol. The van der Waals surface area contributed by atoms with Crippen molar-refractivity contribution in [3.8, 4) is 11.3 Å². The zero-order chi connectivity index (χ0) is 23.5. The molecule has 10 heteroatoms. The molecule has 0 saturated carbocycles. The number of nitro groups is 1. The lowest BCUT2D eigenvalue weighted by atomic mass is 10.1. The number of aromatic nitrogens is 1. The minimum Gasteiger partial charge on any atom is -0.462 e. The number of benzene rings is 2. The van der Waals surface area contributed by atoms with Gasteiger partial charge >= 0.3 is 5.97 Å². The number of carbonyl (C=O) groups is 1. The quantitative estimate of drug-likeness (QED) is 0.283. The normalized spacial score (nSPS) is 13.8. The van der Waals surface area contributed by atoms with Gasteiger partial charge in [-0.15, -0.1) is 0 Å². The number of halogens is 2. The highest BCUT2D eigenvalue weighted by Crippen LogP contribution is 2.33. The second kappa shape index (κ2) is 9.72. The first-order valence-electron chi connectivity index (χ1n) is 10.5. The fourth-order valence-corrected chi connectivity index (χ4v) is 4.15. The van der Waals surface area contributed by atoms with Crippen molar-refractivity contribution in [2.75, 3.05) is 42.6 Å². The van der Waals surface area contributed by atoms with Gasteiger partial charge < -0.3 is 19.5 Å². The van der Waals surface area contributed by atoms with Gasteiger partial charge in [0.15, 0.2) is 0 Å². The highest BCUT2D eigenvalue weighted by atomic mass is 35.5. The third kappa shape index (κ3) is 4.91. The van der Waals surface area contributed by atoms with Gasteiger partial charge in [-0.3, -0.25) is 10.1 Å². The molecule has 0 radical (unpaired) electrons. The Morgan fingerprint density at radius 2 is 1.70 bits per heavy atom. The zero-order valence-electron chi connectivity index (χ0n) is 17.9. The van der Waals surface area contributed by atoms with Gasteiger partial charge in [0.25, 0.3) is 5.69 Å². The minimum atomic E-state index is -0.407. The van der Waals surface area contributed by atoms with Gasteiger partial charge in [-0.2, -0.15) is 0 Å². The van der Waals surface area contributed by atoms with Crippen LogP contribution in [0.1, 0.15) is 17.3 Å².